The number of rotatable bonds is 4. The summed E-state index contributed by atoms with van der Waals surface area (Å²) in [7, 11) is -3.38. The molecule has 114 valence electrons. The molecule has 0 saturated carbocycles. The van der Waals surface area contributed by atoms with Crippen LogP contribution in [-0.4, -0.2) is 36.3 Å². The highest BCUT2D eigenvalue weighted by molar-refractivity contribution is 7.89. The summed E-state index contributed by atoms with van der Waals surface area (Å²) in [6.45, 7) is 0.618. The number of hydrogen-bond acceptors (Lipinski definition) is 3. The van der Waals surface area contributed by atoms with Crippen LogP contribution in [0.3, 0.4) is 0 Å². The summed E-state index contributed by atoms with van der Waals surface area (Å²) in [4.78, 5) is 10.1. The number of carboxylic acids is 1. The summed E-state index contributed by atoms with van der Waals surface area (Å²) >= 11 is 5.60. The number of aromatic nitrogens is 1. The fourth-order valence-electron chi connectivity index (χ4n) is 1.36. The maximum atomic E-state index is 12.3. The van der Waals surface area contributed by atoms with Crippen molar-refractivity contribution in [3.05, 3.63) is 16.9 Å². The number of carboxylic acid groups (broad SMARTS) is 1. The Morgan fingerprint density at radius 3 is 2.35 bits per heavy atom. The lowest BCUT2D eigenvalue weighted by atomic mass is 10.4. The molecular formula is C9H10ClF3N2O4S. The van der Waals surface area contributed by atoms with Gasteiger partial charge in [0.05, 0.1) is 5.02 Å². The van der Waals surface area contributed by atoms with Crippen LogP contribution in [0.4, 0.5) is 13.2 Å². The predicted octanol–water partition coefficient (Wildman–Crippen LogP) is 1.61. The van der Waals surface area contributed by atoms with Gasteiger partial charge in [-0.05, 0) is 6.92 Å². The number of hydrogen-bond donors (Lipinski definition) is 2. The van der Waals surface area contributed by atoms with Crippen molar-refractivity contribution in [1.29, 1.82) is 0 Å². The van der Waals surface area contributed by atoms with Gasteiger partial charge in [0.15, 0.2) is 0 Å². The second kappa shape index (κ2) is 5.26. The van der Waals surface area contributed by atoms with Gasteiger partial charge in [-0.2, -0.15) is 17.9 Å². The molecule has 0 saturated heterocycles. The first-order valence-corrected chi connectivity index (χ1v) is 6.91. The molecule has 0 bridgehead atoms. The average Bonchev–Trinajstić information content (AvgIpc) is 2.52. The SMILES string of the molecule is C[C@@H](NS(=O)(=O)c1cn(C)c(C(=O)O)c1Cl)C(F)(F)F. The predicted molar refractivity (Wildman–Crippen MR) is 63.2 cm³/mol. The summed E-state index contributed by atoms with van der Waals surface area (Å²) in [6, 6.07) is -2.34. The lowest BCUT2D eigenvalue weighted by Crippen LogP contribution is -2.42. The molecule has 1 aromatic rings. The number of sulfonamides is 1. The van der Waals surface area contributed by atoms with Gasteiger partial charge in [0.25, 0.3) is 0 Å². The third-order valence-corrected chi connectivity index (χ3v) is 4.45. The van der Waals surface area contributed by atoms with E-state index in [0.29, 0.717) is 6.92 Å². The zero-order valence-electron chi connectivity index (χ0n) is 10.2. The maximum absolute atomic E-state index is 12.3. The summed E-state index contributed by atoms with van der Waals surface area (Å²) in [6.07, 6.45) is -3.94. The van der Waals surface area contributed by atoms with Crippen LogP contribution >= 0.6 is 11.6 Å². The number of aryl methyl sites for hydroxylation is 1. The fraction of sp³-hybridized carbons (Fsp3) is 0.444. The first-order valence-electron chi connectivity index (χ1n) is 5.05. The van der Waals surface area contributed by atoms with Gasteiger partial charge in [0, 0.05) is 13.2 Å². The molecule has 0 fully saturated rings. The van der Waals surface area contributed by atoms with Crippen LogP contribution in [-0.2, 0) is 17.1 Å². The molecule has 0 unspecified atom stereocenters. The van der Waals surface area contributed by atoms with Gasteiger partial charge < -0.3 is 9.67 Å². The lowest BCUT2D eigenvalue weighted by Gasteiger charge is -2.16. The second-order valence-electron chi connectivity index (χ2n) is 3.96. The van der Waals surface area contributed by atoms with Gasteiger partial charge in [-0.15, -0.1) is 0 Å². The van der Waals surface area contributed by atoms with Gasteiger partial charge in [-0.25, -0.2) is 13.2 Å². The smallest absolute Gasteiger partial charge is 0.404 e. The molecule has 0 aliphatic heterocycles. The van der Waals surface area contributed by atoms with E-state index in [9.17, 15) is 26.4 Å². The van der Waals surface area contributed by atoms with Crippen LogP contribution in [0.5, 0.6) is 0 Å². The molecule has 0 spiro atoms. The Kier molecular flexibility index (Phi) is 4.42. The Morgan fingerprint density at radius 2 is 2.00 bits per heavy atom. The van der Waals surface area contributed by atoms with Crippen molar-refractivity contribution in [3.8, 4) is 0 Å². The van der Waals surface area contributed by atoms with Gasteiger partial charge in [-0.3, -0.25) is 0 Å². The molecule has 11 heteroatoms. The van der Waals surface area contributed by atoms with Crippen molar-refractivity contribution in [2.45, 2.75) is 24.0 Å². The quantitative estimate of drug-likeness (QED) is 0.875. The monoisotopic (exact) mass is 334 g/mol. The number of nitrogens with zero attached hydrogens (tertiary/aromatic N) is 1. The number of halogens is 4. The molecule has 0 radical (unpaired) electrons. The summed E-state index contributed by atoms with van der Waals surface area (Å²) in [5.41, 5.74) is -0.535. The van der Waals surface area contributed by atoms with E-state index in [1.54, 1.807) is 0 Å². The van der Waals surface area contributed by atoms with Crippen LogP contribution in [0, 0.1) is 0 Å². The zero-order valence-corrected chi connectivity index (χ0v) is 11.8. The molecule has 2 N–H and O–H groups in total. The van der Waals surface area contributed by atoms with Crippen LogP contribution in [0.25, 0.3) is 0 Å². The highest BCUT2D eigenvalue weighted by Gasteiger charge is 2.40. The molecule has 1 heterocycles. The Labute approximate surface area is 117 Å². The first kappa shape index (κ1) is 16.8. The Balaban J connectivity index is 3.25. The van der Waals surface area contributed by atoms with Crippen molar-refractivity contribution in [2.75, 3.05) is 0 Å². The van der Waals surface area contributed by atoms with E-state index in [4.69, 9.17) is 16.7 Å². The molecule has 0 aliphatic rings. The summed E-state index contributed by atoms with van der Waals surface area (Å²) in [5, 5.41) is 8.19. The highest BCUT2D eigenvalue weighted by Crippen LogP contribution is 2.28. The van der Waals surface area contributed by atoms with E-state index in [-0.39, 0.29) is 0 Å². The topological polar surface area (TPSA) is 88.4 Å². The molecule has 6 nitrogen and oxygen atoms in total. The fourth-order valence-corrected chi connectivity index (χ4v) is 3.29. The molecule has 0 aromatic carbocycles. The van der Waals surface area contributed by atoms with E-state index in [1.165, 1.54) is 11.8 Å². The van der Waals surface area contributed by atoms with Crippen LogP contribution in [0.2, 0.25) is 5.02 Å². The number of aromatic carboxylic acids is 1. The Morgan fingerprint density at radius 1 is 1.50 bits per heavy atom. The van der Waals surface area contributed by atoms with E-state index < -0.39 is 43.8 Å². The first-order chi connectivity index (χ1) is 8.88. The molecule has 1 rings (SSSR count). The Hall–Kier alpha value is -1.26. The molecule has 0 aliphatic carbocycles. The van der Waals surface area contributed by atoms with Gasteiger partial charge in [0.2, 0.25) is 10.0 Å². The largest absolute Gasteiger partial charge is 0.477 e. The van der Waals surface area contributed by atoms with E-state index >= 15 is 0 Å². The molecule has 0 amide bonds. The lowest BCUT2D eigenvalue weighted by molar-refractivity contribution is -0.147. The minimum atomic E-state index is -4.77. The molecular weight excluding hydrogens is 325 g/mol. The van der Waals surface area contributed by atoms with E-state index in [1.807, 2.05) is 0 Å². The zero-order chi connectivity index (χ0) is 15.9. The molecule has 20 heavy (non-hydrogen) atoms. The molecule has 1 atom stereocenters. The van der Waals surface area contributed by atoms with Crippen LogP contribution < -0.4 is 4.72 Å². The van der Waals surface area contributed by atoms with Crippen molar-refractivity contribution >= 4 is 27.6 Å². The number of nitrogens with one attached hydrogen (secondary N) is 1. The minimum Gasteiger partial charge on any atom is -0.477 e. The maximum Gasteiger partial charge on any atom is 0.404 e. The van der Waals surface area contributed by atoms with Crippen molar-refractivity contribution in [2.24, 2.45) is 7.05 Å². The summed E-state index contributed by atoms with van der Waals surface area (Å²) in [5.74, 6) is -1.50. The van der Waals surface area contributed by atoms with E-state index in [0.717, 1.165) is 10.8 Å². The van der Waals surface area contributed by atoms with E-state index in [2.05, 4.69) is 0 Å². The molecule has 1 aromatic heterocycles. The Bertz CT molecular complexity index is 638. The summed E-state index contributed by atoms with van der Waals surface area (Å²) < 4.78 is 62.9. The standard InChI is InChI=1S/C9H10ClF3N2O4S/c1-4(9(11,12)13)14-20(18,19)5-3-15(2)7(6(5)10)8(16)17/h3-4,14H,1-2H3,(H,16,17)/t4-/m1/s1. The van der Waals surface area contributed by atoms with Crippen LogP contribution in [0.15, 0.2) is 11.1 Å². The number of carbonyl (C=O) groups is 1. The third kappa shape index (κ3) is 3.25. The number of alkyl halides is 3. The van der Waals surface area contributed by atoms with Crippen molar-refractivity contribution < 1.29 is 31.5 Å². The second-order valence-corrected chi connectivity index (χ2v) is 6.02. The highest BCUT2D eigenvalue weighted by atomic mass is 35.5. The van der Waals surface area contributed by atoms with Gasteiger partial charge in [-0.1, -0.05) is 11.6 Å². The third-order valence-electron chi connectivity index (χ3n) is 2.40. The van der Waals surface area contributed by atoms with Gasteiger partial charge in [0.1, 0.15) is 16.6 Å². The minimum absolute atomic E-state index is 0.535. The van der Waals surface area contributed by atoms with Crippen LogP contribution in [0.1, 0.15) is 17.4 Å². The van der Waals surface area contributed by atoms with Gasteiger partial charge >= 0.3 is 12.1 Å². The van der Waals surface area contributed by atoms with Crippen molar-refractivity contribution in [1.82, 2.24) is 9.29 Å². The normalized spacial score (nSPS) is 14.3. The van der Waals surface area contributed by atoms with Crippen molar-refractivity contribution in [3.63, 3.8) is 0 Å². The average molecular weight is 335 g/mol.